The third kappa shape index (κ3) is 5.71. The smallest absolute Gasteiger partial charge is 0.243 e. The van der Waals surface area contributed by atoms with E-state index in [1.54, 1.807) is 12.1 Å². The zero-order chi connectivity index (χ0) is 25.2. The van der Waals surface area contributed by atoms with Gasteiger partial charge in [0.1, 0.15) is 0 Å². The van der Waals surface area contributed by atoms with Crippen LogP contribution < -0.4 is 10.2 Å². The van der Waals surface area contributed by atoms with E-state index >= 15 is 0 Å². The van der Waals surface area contributed by atoms with Gasteiger partial charge >= 0.3 is 0 Å². The van der Waals surface area contributed by atoms with Crippen LogP contribution in [0.1, 0.15) is 36.5 Å². The third-order valence-electron chi connectivity index (χ3n) is 7.59. The Bertz CT molecular complexity index is 1160. The van der Waals surface area contributed by atoms with Crippen molar-refractivity contribution < 1.29 is 13.2 Å². The van der Waals surface area contributed by atoms with Gasteiger partial charge in [0.25, 0.3) is 0 Å². The maximum Gasteiger partial charge on any atom is 0.243 e. The van der Waals surface area contributed by atoms with E-state index in [1.165, 1.54) is 9.99 Å². The first kappa shape index (κ1) is 25.7. The van der Waals surface area contributed by atoms with Crippen LogP contribution >= 0.6 is 0 Å². The molecule has 190 valence electrons. The van der Waals surface area contributed by atoms with E-state index in [-0.39, 0.29) is 11.8 Å². The maximum atomic E-state index is 13.1. The molecule has 2 aliphatic rings. The minimum atomic E-state index is -3.54. The van der Waals surface area contributed by atoms with Crippen molar-refractivity contribution in [3.63, 3.8) is 0 Å². The lowest BCUT2D eigenvalue weighted by Crippen LogP contribution is -2.46. The fourth-order valence-electron chi connectivity index (χ4n) is 4.92. The van der Waals surface area contributed by atoms with E-state index in [1.807, 2.05) is 32.9 Å². The van der Waals surface area contributed by atoms with Gasteiger partial charge in [0.05, 0.1) is 4.90 Å². The number of piperazine rings is 1. The predicted octanol–water partition coefficient (Wildman–Crippen LogP) is 3.79. The van der Waals surface area contributed by atoms with Crippen LogP contribution in [0.2, 0.25) is 0 Å². The number of likely N-dealkylation sites (N-methyl/N-ethyl adjacent to an activating group) is 1. The maximum absolute atomic E-state index is 13.1. The number of amides is 1. The zero-order valence-corrected chi connectivity index (χ0v) is 22.2. The highest BCUT2D eigenvalue weighted by molar-refractivity contribution is 7.89. The second-order valence-electron chi connectivity index (χ2n) is 9.83. The van der Waals surface area contributed by atoms with Crippen LogP contribution in [0.3, 0.4) is 0 Å². The van der Waals surface area contributed by atoms with E-state index in [0.29, 0.717) is 30.8 Å². The van der Waals surface area contributed by atoms with Gasteiger partial charge in [-0.25, -0.2) is 8.42 Å². The molecule has 0 aromatic heterocycles. The van der Waals surface area contributed by atoms with Crippen molar-refractivity contribution in [1.82, 2.24) is 9.21 Å². The lowest BCUT2D eigenvalue weighted by molar-refractivity contribution is -0.120. The number of carbonyl (C=O) groups is 1. The number of sulfonamides is 1. The number of rotatable bonds is 6. The molecule has 2 fully saturated rings. The molecule has 0 saturated carbocycles. The highest BCUT2D eigenvalue weighted by Gasteiger charge is 2.32. The van der Waals surface area contributed by atoms with Crippen molar-refractivity contribution in [3.05, 3.63) is 53.1 Å². The Morgan fingerprint density at radius 2 is 1.57 bits per heavy atom. The number of anilines is 2. The fourth-order valence-corrected chi connectivity index (χ4v) is 6.48. The Hall–Kier alpha value is -2.42. The van der Waals surface area contributed by atoms with Crippen LogP contribution in [0.4, 0.5) is 11.4 Å². The molecule has 2 aromatic rings. The molecule has 35 heavy (non-hydrogen) atoms. The highest BCUT2D eigenvalue weighted by Crippen LogP contribution is 2.28. The summed E-state index contributed by atoms with van der Waals surface area (Å²) in [6.45, 7) is 14.1. The molecule has 2 heterocycles. The van der Waals surface area contributed by atoms with Gasteiger partial charge in [0, 0.05) is 56.6 Å². The normalized spacial score (nSPS) is 18.6. The Morgan fingerprint density at radius 1 is 0.886 bits per heavy atom. The molecule has 0 unspecified atom stereocenters. The van der Waals surface area contributed by atoms with Crippen molar-refractivity contribution in [2.75, 3.05) is 56.0 Å². The first-order chi connectivity index (χ1) is 16.7. The second-order valence-corrected chi connectivity index (χ2v) is 11.8. The Kier molecular flexibility index (Phi) is 7.83. The minimum Gasteiger partial charge on any atom is -0.369 e. The lowest BCUT2D eigenvalue weighted by Gasteiger charge is -2.35. The number of hydrogen-bond acceptors (Lipinski definition) is 5. The first-order valence-electron chi connectivity index (χ1n) is 12.6. The number of carbonyl (C=O) groups excluding carboxylic acids is 1. The van der Waals surface area contributed by atoms with Crippen LogP contribution in [0.25, 0.3) is 0 Å². The standard InChI is InChI=1S/C27H38N4O3S/c1-5-29-14-16-30(17-15-29)24-7-9-26(22(4)18-24)28-27(32)23-10-12-31(13-11-23)35(33,34)25-8-6-20(2)21(3)19-25/h6-9,18-19,23H,5,10-17H2,1-4H3,(H,28,32). The van der Waals surface area contributed by atoms with Gasteiger partial charge in [0.2, 0.25) is 15.9 Å². The topological polar surface area (TPSA) is 73.0 Å². The Morgan fingerprint density at radius 3 is 2.17 bits per heavy atom. The van der Waals surface area contributed by atoms with Crippen molar-refractivity contribution in [3.8, 4) is 0 Å². The molecule has 0 radical (unpaired) electrons. The summed E-state index contributed by atoms with van der Waals surface area (Å²) in [5.41, 5.74) is 5.10. The SMILES string of the molecule is CCN1CCN(c2ccc(NC(=O)C3CCN(S(=O)(=O)c4ccc(C)c(C)c4)CC3)c(C)c2)CC1. The molecule has 1 N–H and O–H groups in total. The molecule has 0 aliphatic carbocycles. The van der Waals surface area contributed by atoms with Gasteiger partial charge in [-0.3, -0.25) is 4.79 Å². The molecule has 7 nitrogen and oxygen atoms in total. The lowest BCUT2D eigenvalue weighted by atomic mass is 9.97. The monoisotopic (exact) mass is 498 g/mol. The molecule has 0 bridgehead atoms. The highest BCUT2D eigenvalue weighted by atomic mass is 32.2. The summed E-state index contributed by atoms with van der Waals surface area (Å²) in [5, 5.41) is 3.09. The van der Waals surface area contributed by atoms with Crippen molar-refractivity contribution >= 4 is 27.3 Å². The van der Waals surface area contributed by atoms with Crippen LogP contribution in [0, 0.1) is 26.7 Å². The van der Waals surface area contributed by atoms with Crippen molar-refractivity contribution in [2.45, 2.75) is 45.4 Å². The number of hydrogen-bond donors (Lipinski definition) is 1. The molecule has 4 rings (SSSR count). The summed E-state index contributed by atoms with van der Waals surface area (Å²) < 4.78 is 27.7. The Labute approximate surface area is 210 Å². The number of aryl methyl sites for hydroxylation is 3. The number of nitrogens with one attached hydrogen (secondary N) is 1. The number of piperidine rings is 1. The average molecular weight is 499 g/mol. The average Bonchev–Trinajstić information content (AvgIpc) is 2.87. The Balaban J connectivity index is 1.34. The van der Waals surface area contributed by atoms with Crippen molar-refractivity contribution in [1.29, 1.82) is 0 Å². The molecular weight excluding hydrogens is 460 g/mol. The molecular formula is C27H38N4O3S. The van der Waals surface area contributed by atoms with Crippen LogP contribution in [-0.2, 0) is 14.8 Å². The van der Waals surface area contributed by atoms with Gasteiger partial charge in [-0.15, -0.1) is 0 Å². The molecule has 2 aromatic carbocycles. The summed E-state index contributed by atoms with van der Waals surface area (Å²) in [4.78, 5) is 18.2. The summed E-state index contributed by atoms with van der Waals surface area (Å²) in [5.74, 6) is -0.219. The summed E-state index contributed by atoms with van der Waals surface area (Å²) >= 11 is 0. The minimum absolute atomic E-state index is 0.0272. The molecule has 0 spiro atoms. The largest absolute Gasteiger partial charge is 0.369 e. The van der Waals surface area contributed by atoms with Gasteiger partial charge in [-0.05, 0) is 87.2 Å². The molecule has 2 aliphatic heterocycles. The van der Waals surface area contributed by atoms with E-state index in [2.05, 4.69) is 34.2 Å². The van der Waals surface area contributed by atoms with E-state index < -0.39 is 10.0 Å². The number of benzene rings is 2. The van der Waals surface area contributed by atoms with E-state index in [0.717, 1.165) is 55.1 Å². The summed E-state index contributed by atoms with van der Waals surface area (Å²) in [7, 11) is -3.54. The quantitative estimate of drug-likeness (QED) is 0.656. The molecule has 8 heteroatoms. The predicted molar refractivity (Wildman–Crippen MR) is 142 cm³/mol. The fraction of sp³-hybridized carbons (Fsp3) is 0.519. The van der Waals surface area contributed by atoms with E-state index in [4.69, 9.17) is 0 Å². The second kappa shape index (κ2) is 10.7. The van der Waals surface area contributed by atoms with Gasteiger partial charge in [0.15, 0.2) is 0 Å². The summed E-state index contributed by atoms with van der Waals surface area (Å²) in [6, 6.07) is 11.5. The van der Waals surface area contributed by atoms with Crippen LogP contribution in [0.5, 0.6) is 0 Å². The van der Waals surface area contributed by atoms with Crippen LogP contribution in [-0.4, -0.2) is 69.3 Å². The third-order valence-corrected chi connectivity index (χ3v) is 9.49. The van der Waals surface area contributed by atoms with Gasteiger partial charge in [-0.2, -0.15) is 4.31 Å². The van der Waals surface area contributed by atoms with Gasteiger partial charge in [-0.1, -0.05) is 13.0 Å². The molecule has 0 atom stereocenters. The zero-order valence-electron chi connectivity index (χ0n) is 21.4. The first-order valence-corrected chi connectivity index (χ1v) is 14.1. The molecule has 2 saturated heterocycles. The summed E-state index contributed by atoms with van der Waals surface area (Å²) in [6.07, 6.45) is 1.05. The van der Waals surface area contributed by atoms with Gasteiger partial charge < -0.3 is 15.1 Å². The van der Waals surface area contributed by atoms with Crippen LogP contribution in [0.15, 0.2) is 41.3 Å². The van der Waals surface area contributed by atoms with E-state index in [9.17, 15) is 13.2 Å². The number of nitrogens with zero attached hydrogens (tertiary/aromatic N) is 3. The molecule has 1 amide bonds. The van der Waals surface area contributed by atoms with Crippen molar-refractivity contribution in [2.24, 2.45) is 5.92 Å².